The van der Waals surface area contributed by atoms with Crippen LogP contribution in [0.1, 0.15) is 5.56 Å². The number of fused-ring (bicyclic) bond motifs is 6. The highest BCUT2D eigenvalue weighted by Crippen LogP contribution is 2.36. The SMILES string of the molecule is Cc1c(-c2ccc(-n3c4ccccc4c4ccccc43)cc2)cccc1-c1ccc(-n2c3ccccc3c3ccccc32)cc1. The molecule has 0 saturated heterocycles. The molecule has 0 radical (unpaired) electrons. The highest BCUT2D eigenvalue weighted by molar-refractivity contribution is 6.10. The van der Waals surface area contributed by atoms with Gasteiger partial charge in [0.2, 0.25) is 0 Å². The summed E-state index contributed by atoms with van der Waals surface area (Å²) in [6.45, 7) is 2.24. The van der Waals surface area contributed by atoms with Gasteiger partial charge in [-0.05, 0) is 83.3 Å². The van der Waals surface area contributed by atoms with E-state index >= 15 is 0 Å². The molecule has 2 nitrogen and oxygen atoms in total. The Hall–Kier alpha value is -5.86. The Labute approximate surface area is 262 Å². The van der Waals surface area contributed by atoms with Crippen LogP contribution in [0.25, 0.3) is 77.2 Å². The second-order valence-corrected chi connectivity index (χ2v) is 11.8. The fourth-order valence-corrected chi connectivity index (χ4v) is 7.24. The van der Waals surface area contributed by atoms with Crippen molar-refractivity contribution < 1.29 is 0 Å². The number of rotatable bonds is 4. The lowest BCUT2D eigenvalue weighted by molar-refractivity contribution is 1.18. The zero-order valence-electron chi connectivity index (χ0n) is 25.0. The molecule has 0 fully saturated rings. The van der Waals surface area contributed by atoms with Crippen LogP contribution in [-0.2, 0) is 0 Å². The molecule has 2 aromatic heterocycles. The molecule has 0 amide bonds. The number of hydrogen-bond donors (Lipinski definition) is 0. The predicted octanol–water partition coefficient (Wildman–Crippen LogP) is 11.5. The summed E-state index contributed by atoms with van der Waals surface area (Å²) < 4.78 is 4.74. The fraction of sp³-hybridized carbons (Fsp3) is 0.0233. The molecule has 0 bridgehead atoms. The van der Waals surface area contributed by atoms with Crippen molar-refractivity contribution >= 4 is 43.6 Å². The largest absolute Gasteiger partial charge is 0.309 e. The smallest absolute Gasteiger partial charge is 0.0541 e. The van der Waals surface area contributed by atoms with Gasteiger partial charge < -0.3 is 9.13 Å². The van der Waals surface area contributed by atoms with Gasteiger partial charge in [0, 0.05) is 32.9 Å². The first-order chi connectivity index (χ1) is 22.3. The highest BCUT2D eigenvalue weighted by Gasteiger charge is 2.14. The third-order valence-electron chi connectivity index (χ3n) is 9.37. The molecule has 2 heterocycles. The maximum atomic E-state index is 2.37. The van der Waals surface area contributed by atoms with Crippen LogP contribution in [0.2, 0.25) is 0 Å². The van der Waals surface area contributed by atoms with Gasteiger partial charge in [-0.25, -0.2) is 0 Å². The second-order valence-electron chi connectivity index (χ2n) is 11.8. The van der Waals surface area contributed by atoms with Crippen molar-refractivity contribution in [3.8, 4) is 33.6 Å². The quantitative estimate of drug-likeness (QED) is 0.198. The van der Waals surface area contributed by atoms with Crippen LogP contribution in [0, 0.1) is 6.92 Å². The van der Waals surface area contributed by atoms with Crippen LogP contribution < -0.4 is 0 Å². The first-order valence-electron chi connectivity index (χ1n) is 15.5. The first-order valence-corrected chi connectivity index (χ1v) is 15.5. The van der Waals surface area contributed by atoms with Crippen molar-refractivity contribution in [2.24, 2.45) is 0 Å². The highest BCUT2D eigenvalue weighted by atomic mass is 15.0. The molecule has 0 aliphatic rings. The molecule has 0 N–H and O–H groups in total. The summed E-state index contributed by atoms with van der Waals surface area (Å²) in [5.41, 5.74) is 13.5. The van der Waals surface area contributed by atoms with Crippen molar-refractivity contribution in [1.82, 2.24) is 9.13 Å². The van der Waals surface area contributed by atoms with Crippen LogP contribution in [0.15, 0.2) is 164 Å². The molecule has 212 valence electrons. The van der Waals surface area contributed by atoms with Gasteiger partial charge in [0.25, 0.3) is 0 Å². The van der Waals surface area contributed by atoms with Crippen molar-refractivity contribution in [3.63, 3.8) is 0 Å². The standard InChI is InChI=1S/C43H30N2/c1-29-34(30-21-25-32(26-22-30)44-40-17-6-2-11-36(40)37-12-3-7-18-41(37)44)15-10-16-35(29)31-23-27-33(28-24-31)45-42-19-8-4-13-38(42)39-14-5-9-20-43(39)45/h2-28H,1H3. The Kier molecular flexibility index (Phi) is 5.76. The van der Waals surface area contributed by atoms with Gasteiger partial charge >= 0.3 is 0 Å². The van der Waals surface area contributed by atoms with Gasteiger partial charge in [0.15, 0.2) is 0 Å². The molecule has 0 aliphatic carbocycles. The minimum Gasteiger partial charge on any atom is -0.309 e. The predicted molar refractivity (Wildman–Crippen MR) is 191 cm³/mol. The molecule has 0 spiro atoms. The summed E-state index contributed by atoms with van der Waals surface area (Å²) in [6, 6.07) is 59.4. The molecule has 9 aromatic rings. The van der Waals surface area contributed by atoms with E-state index in [-0.39, 0.29) is 0 Å². The van der Waals surface area contributed by atoms with Crippen LogP contribution >= 0.6 is 0 Å². The van der Waals surface area contributed by atoms with Crippen molar-refractivity contribution in [1.29, 1.82) is 0 Å². The third kappa shape index (κ3) is 3.96. The van der Waals surface area contributed by atoms with E-state index in [1.54, 1.807) is 0 Å². The Morgan fingerprint density at radius 1 is 0.311 bits per heavy atom. The Balaban J connectivity index is 1.09. The van der Waals surface area contributed by atoms with E-state index in [4.69, 9.17) is 0 Å². The zero-order chi connectivity index (χ0) is 29.9. The van der Waals surface area contributed by atoms with Crippen LogP contribution in [0.3, 0.4) is 0 Å². The minimum atomic E-state index is 1.17. The Morgan fingerprint density at radius 3 is 0.956 bits per heavy atom. The lowest BCUT2D eigenvalue weighted by atomic mass is 9.92. The molecule has 0 aliphatic heterocycles. The molecule has 9 rings (SSSR count). The maximum absolute atomic E-state index is 2.37. The number of benzene rings is 7. The number of aromatic nitrogens is 2. The lowest BCUT2D eigenvalue weighted by Crippen LogP contribution is -1.95. The Bertz CT molecular complexity index is 2240. The van der Waals surface area contributed by atoms with Crippen molar-refractivity contribution in [2.75, 3.05) is 0 Å². The fourth-order valence-electron chi connectivity index (χ4n) is 7.24. The molecular weight excluding hydrogens is 544 g/mol. The Morgan fingerprint density at radius 2 is 0.622 bits per heavy atom. The third-order valence-corrected chi connectivity index (χ3v) is 9.37. The summed E-state index contributed by atoms with van der Waals surface area (Å²) >= 11 is 0. The number of nitrogens with zero attached hydrogens (tertiary/aromatic N) is 2. The average molecular weight is 575 g/mol. The summed E-state index contributed by atoms with van der Waals surface area (Å²) in [5, 5.41) is 5.13. The van der Waals surface area contributed by atoms with Gasteiger partial charge in [-0.2, -0.15) is 0 Å². The molecule has 0 saturated carbocycles. The minimum absolute atomic E-state index is 1.17. The molecular formula is C43H30N2. The van der Waals surface area contributed by atoms with E-state index in [1.165, 1.54) is 82.8 Å². The zero-order valence-corrected chi connectivity index (χ0v) is 25.0. The van der Waals surface area contributed by atoms with Gasteiger partial charge in [-0.15, -0.1) is 0 Å². The molecule has 45 heavy (non-hydrogen) atoms. The van der Waals surface area contributed by atoms with E-state index in [1.807, 2.05) is 0 Å². The normalized spacial score (nSPS) is 11.7. The van der Waals surface area contributed by atoms with E-state index < -0.39 is 0 Å². The van der Waals surface area contributed by atoms with Crippen molar-refractivity contribution in [3.05, 3.63) is 169 Å². The summed E-state index contributed by atoms with van der Waals surface area (Å²) in [4.78, 5) is 0. The summed E-state index contributed by atoms with van der Waals surface area (Å²) in [5.74, 6) is 0. The van der Waals surface area contributed by atoms with Crippen LogP contribution in [0.4, 0.5) is 0 Å². The van der Waals surface area contributed by atoms with Gasteiger partial charge in [0.1, 0.15) is 0 Å². The summed E-state index contributed by atoms with van der Waals surface area (Å²) in [7, 11) is 0. The van der Waals surface area contributed by atoms with E-state index in [9.17, 15) is 0 Å². The van der Waals surface area contributed by atoms with Crippen molar-refractivity contribution in [2.45, 2.75) is 6.92 Å². The maximum Gasteiger partial charge on any atom is 0.0541 e. The average Bonchev–Trinajstić information content (AvgIpc) is 3.62. The number of hydrogen-bond acceptors (Lipinski definition) is 0. The van der Waals surface area contributed by atoms with Gasteiger partial charge in [-0.1, -0.05) is 115 Å². The molecule has 2 heteroatoms. The second kappa shape index (κ2) is 10.1. The van der Waals surface area contributed by atoms with E-state index in [0.717, 1.165) is 0 Å². The van der Waals surface area contributed by atoms with Crippen LogP contribution in [-0.4, -0.2) is 9.13 Å². The molecule has 7 aromatic carbocycles. The van der Waals surface area contributed by atoms with Gasteiger partial charge in [-0.3, -0.25) is 0 Å². The van der Waals surface area contributed by atoms with Gasteiger partial charge in [0.05, 0.1) is 22.1 Å². The lowest BCUT2D eigenvalue weighted by Gasteiger charge is -2.14. The first kappa shape index (κ1) is 25.6. The van der Waals surface area contributed by atoms with E-state index in [2.05, 4.69) is 180 Å². The topological polar surface area (TPSA) is 9.86 Å². The van der Waals surface area contributed by atoms with E-state index in [0.29, 0.717) is 0 Å². The monoisotopic (exact) mass is 574 g/mol. The summed E-state index contributed by atoms with van der Waals surface area (Å²) in [6.07, 6.45) is 0. The van der Waals surface area contributed by atoms with Crippen LogP contribution in [0.5, 0.6) is 0 Å². The molecule has 0 unspecified atom stereocenters. The molecule has 0 atom stereocenters. The number of para-hydroxylation sites is 4.